The van der Waals surface area contributed by atoms with Crippen molar-refractivity contribution in [1.82, 2.24) is 0 Å². The van der Waals surface area contributed by atoms with Crippen LogP contribution in [0.15, 0.2) is 5.16 Å². The van der Waals surface area contributed by atoms with Gasteiger partial charge in [0.2, 0.25) is 0 Å². The van der Waals surface area contributed by atoms with Gasteiger partial charge in [0.1, 0.15) is 7.11 Å². The van der Waals surface area contributed by atoms with Crippen molar-refractivity contribution in [1.29, 1.82) is 0 Å². The highest BCUT2D eigenvalue weighted by molar-refractivity contribution is 5.89. The number of hydrogen-bond donors (Lipinski definition) is 1. The van der Waals surface area contributed by atoms with E-state index in [0.29, 0.717) is 0 Å². The Morgan fingerprint density at radius 2 is 2.40 bits per heavy atom. The largest absolute Gasteiger partial charge is 0.399 e. The molecule has 3 nitrogen and oxygen atoms in total. The summed E-state index contributed by atoms with van der Waals surface area (Å²) in [6, 6.07) is 0.147. The maximum absolute atomic E-state index is 5.75. The maximum atomic E-state index is 5.75. The van der Waals surface area contributed by atoms with E-state index < -0.39 is 0 Å². The maximum Gasteiger partial charge on any atom is 0.106 e. The predicted molar refractivity (Wildman–Crippen MR) is 40.9 cm³/mol. The first-order valence-corrected chi connectivity index (χ1v) is 3.70. The number of rotatable bonds is 1. The van der Waals surface area contributed by atoms with Crippen LogP contribution in [0, 0.1) is 0 Å². The smallest absolute Gasteiger partial charge is 0.106 e. The number of oxime groups is 1. The lowest BCUT2D eigenvalue weighted by molar-refractivity contribution is 0.210. The molecule has 1 atom stereocenters. The van der Waals surface area contributed by atoms with Gasteiger partial charge in [-0.2, -0.15) is 0 Å². The number of hydrogen-bond acceptors (Lipinski definition) is 3. The molecule has 1 aliphatic rings. The molecule has 0 aromatic carbocycles. The van der Waals surface area contributed by atoms with Crippen LogP contribution < -0.4 is 5.73 Å². The van der Waals surface area contributed by atoms with E-state index in [4.69, 9.17) is 5.73 Å². The molecule has 2 N–H and O–H groups in total. The molecule has 0 spiro atoms. The van der Waals surface area contributed by atoms with Crippen LogP contribution in [0.3, 0.4) is 0 Å². The highest BCUT2D eigenvalue weighted by atomic mass is 16.6. The Bertz CT molecular complexity index is 134. The van der Waals surface area contributed by atoms with Gasteiger partial charge in [0, 0.05) is 6.04 Å². The Hall–Kier alpha value is -0.570. The first kappa shape index (κ1) is 7.54. The molecule has 0 bridgehead atoms. The summed E-state index contributed by atoms with van der Waals surface area (Å²) in [6.45, 7) is 0. The first-order chi connectivity index (χ1) is 4.84. The van der Waals surface area contributed by atoms with Gasteiger partial charge >= 0.3 is 0 Å². The summed E-state index contributed by atoms with van der Waals surface area (Å²) >= 11 is 0. The highest BCUT2D eigenvalue weighted by Gasteiger charge is 2.16. The minimum atomic E-state index is 0.147. The average molecular weight is 142 g/mol. The molecular weight excluding hydrogens is 128 g/mol. The summed E-state index contributed by atoms with van der Waals surface area (Å²) in [5, 5.41) is 3.86. The highest BCUT2D eigenvalue weighted by Crippen LogP contribution is 2.13. The molecule has 1 aliphatic carbocycles. The minimum absolute atomic E-state index is 0.147. The van der Waals surface area contributed by atoms with Gasteiger partial charge in [-0.15, -0.1) is 0 Å². The third-order valence-corrected chi connectivity index (χ3v) is 1.83. The second kappa shape index (κ2) is 3.56. The summed E-state index contributed by atoms with van der Waals surface area (Å²) < 4.78 is 0. The number of nitrogens with two attached hydrogens (primary N) is 1. The lowest BCUT2D eigenvalue weighted by Crippen LogP contribution is -2.33. The van der Waals surface area contributed by atoms with Crippen molar-refractivity contribution in [2.24, 2.45) is 10.9 Å². The van der Waals surface area contributed by atoms with Gasteiger partial charge in [-0.1, -0.05) is 11.6 Å². The van der Waals surface area contributed by atoms with Crippen molar-refractivity contribution < 1.29 is 4.84 Å². The zero-order chi connectivity index (χ0) is 7.40. The molecule has 1 fully saturated rings. The van der Waals surface area contributed by atoms with Crippen molar-refractivity contribution in [2.75, 3.05) is 7.11 Å². The van der Waals surface area contributed by atoms with E-state index in [-0.39, 0.29) is 6.04 Å². The lowest BCUT2D eigenvalue weighted by atomic mass is 9.94. The monoisotopic (exact) mass is 142 g/mol. The van der Waals surface area contributed by atoms with Gasteiger partial charge in [-0.3, -0.25) is 0 Å². The van der Waals surface area contributed by atoms with E-state index in [2.05, 4.69) is 9.99 Å². The molecule has 58 valence electrons. The predicted octanol–water partition coefficient (Wildman–Crippen LogP) is 0.890. The molecule has 0 heterocycles. The topological polar surface area (TPSA) is 47.6 Å². The van der Waals surface area contributed by atoms with E-state index in [0.717, 1.165) is 18.6 Å². The fraction of sp³-hybridized carbons (Fsp3) is 0.857. The van der Waals surface area contributed by atoms with Crippen LogP contribution >= 0.6 is 0 Å². The van der Waals surface area contributed by atoms with Crippen LogP contribution in [0.1, 0.15) is 25.7 Å². The van der Waals surface area contributed by atoms with Gasteiger partial charge in [0.25, 0.3) is 0 Å². The molecule has 0 radical (unpaired) electrons. The summed E-state index contributed by atoms with van der Waals surface area (Å²) in [7, 11) is 1.56. The molecule has 10 heavy (non-hydrogen) atoms. The second-order valence-corrected chi connectivity index (χ2v) is 2.62. The molecule has 1 unspecified atom stereocenters. The average Bonchev–Trinajstić information content (AvgIpc) is 1.94. The molecule has 0 amide bonds. The van der Waals surface area contributed by atoms with E-state index >= 15 is 0 Å². The molecule has 3 heteroatoms. The summed E-state index contributed by atoms with van der Waals surface area (Å²) in [5.74, 6) is 0. The van der Waals surface area contributed by atoms with E-state index in [9.17, 15) is 0 Å². The van der Waals surface area contributed by atoms with Crippen LogP contribution in [0.4, 0.5) is 0 Å². The van der Waals surface area contributed by atoms with Gasteiger partial charge in [-0.05, 0) is 19.3 Å². The normalized spacial score (nSPS) is 30.6. The SMILES string of the molecule is CON=C1CCCCC1N. The van der Waals surface area contributed by atoms with Crippen molar-refractivity contribution >= 4 is 5.71 Å². The molecule has 1 rings (SSSR count). The number of nitrogens with zero attached hydrogens (tertiary/aromatic N) is 1. The molecule has 0 aromatic rings. The zero-order valence-electron chi connectivity index (χ0n) is 6.34. The quantitative estimate of drug-likeness (QED) is 0.553. The standard InChI is InChI=1S/C7H14N2O/c1-10-9-7-5-3-2-4-6(7)8/h6H,2-5,8H2,1H3. The van der Waals surface area contributed by atoms with Gasteiger partial charge in [0.15, 0.2) is 0 Å². The van der Waals surface area contributed by atoms with E-state index in [1.807, 2.05) is 0 Å². The van der Waals surface area contributed by atoms with Crippen molar-refractivity contribution in [3.63, 3.8) is 0 Å². The van der Waals surface area contributed by atoms with Crippen molar-refractivity contribution in [2.45, 2.75) is 31.7 Å². The molecule has 0 aliphatic heterocycles. The summed E-state index contributed by atoms with van der Waals surface area (Å²) in [5.41, 5.74) is 6.78. The third kappa shape index (κ3) is 1.70. The molecule has 0 aromatic heterocycles. The first-order valence-electron chi connectivity index (χ1n) is 3.70. The van der Waals surface area contributed by atoms with Crippen LogP contribution in [0.25, 0.3) is 0 Å². The van der Waals surface area contributed by atoms with Gasteiger partial charge in [-0.25, -0.2) is 0 Å². The fourth-order valence-corrected chi connectivity index (χ4v) is 1.25. The molecular formula is C7H14N2O. The molecule has 0 saturated heterocycles. The van der Waals surface area contributed by atoms with Crippen LogP contribution in [0.5, 0.6) is 0 Å². The fourth-order valence-electron chi connectivity index (χ4n) is 1.25. The zero-order valence-corrected chi connectivity index (χ0v) is 6.34. The van der Waals surface area contributed by atoms with Crippen LogP contribution in [0.2, 0.25) is 0 Å². The van der Waals surface area contributed by atoms with Crippen molar-refractivity contribution in [3.05, 3.63) is 0 Å². The van der Waals surface area contributed by atoms with Gasteiger partial charge < -0.3 is 10.6 Å². The van der Waals surface area contributed by atoms with Crippen LogP contribution in [-0.2, 0) is 4.84 Å². The van der Waals surface area contributed by atoms with E-state index in [1.54, 1.807) is 7.11 Å². The lowest BCUT2D eigenvalue weighted by Gasteiger charge is -2.18. The Morgan fingerprint density at radius 1 is 1.60 bits per heavy atom. The van der Waals surface area contributed by atoms with E-state index in [1.165, 1.54) is 12.8 Å². The third-order valence-electron chi connectivity index (χ3n) is 1.83. The molecule has 1 saturated carbocycles. The summed E-state index contributed by atoms with van der Waals surface area (Å²) in [4.78, 5) is 4.66. The Balaban J connectivity index is 2.47. The van der Waals surface area contributed by atoms with Gasteiger partial charge in [0.05, 0.1) is 5.71 Å². The van der Waals surface area contributed by atoms with Crippen molar-refractivity contribution in [3.8, 4) is 0 Å². The van der Waals surface area contributed by atoms with Crippen LogP contribution in [-0.4, -0.2) is 18.9 Å². The minimum Gasteiger partial charge on any atom is -0.399 e. The Morgan fingerprint density at radius 3 is 3.00 bits per heavy atom. The second-order valence-electron chi connectivity index (χ2n) is 2.62. The Kier molecular flexibility index (Phi) is 2.68. The Labute approximate surface area is 61.2 Å². The summed E-state index contributed by atoms with van der Waals surface area (Å²) in [6.07, 6.45) is 4.50.